The largest absolute Gasteiger partial charge is 0.338 e. The lowest BCUT2D eigenvalue weighted by Gasteiger charge is -1.95. The standard InChI is InChI=1S/C9H10N6/c1-10-5-11-6-12-9-8-3-2-4-15(8)14-7-13-9/h2-7H,1H3,(H,10,11,12,13,14). The van der Waals surface area contributed by atoms with E-state index in [9.17, 15) is 0 Å². The van der Waals surface area contributed by atoms with Gasteiger partial charge in [-0.05, 0) is 12.1 Å². The van der Waals surface area contributed by atoms with E-state index in [0.717, 1.165) is 5.52 Å². The molecule has 2 aromatic rings. The topological polar surface area (TPSA) is 66.9 Å². The van der Waals surface area contributed by atoms with Gasteiger partial charge in [0.05, 0.1) is 12.7 Å². The summed E-state index contributed by atoms with van der Waals surface area (Å²) in [6.07, 6.45) is 6.38. The molecule has 0 saturated carbocycles. The molecule has 76 valence electrons. The Kier molecular flexibility index (Phi) is 2.68. The minimum Gasteiger partial charge on any atom is -0.338 e. The third-order valence-electron chi connectivity index (χ3n) is 1.78. The highest BCUT2D eigenvalue weighted by molar-refractivity contribution is 5.78. The zero-order valence-electron chi connectivity index (χ0n) is 8.20. The van der Waals surface area contributed by atoms with E-state index in [4.69, 9.17) is 0 Å². The summed E-state index contributed by atoms with van der Waals surface area (Å²) in [5.74, 6) is 0.618. The van der Waals surface area contributed by atoms with E-state index in [2.05, 4.69) is 25.4 Å². The molecule has 0 aliphatic rings. The Morgan fingerprint density at radius 2 is 2.40 bits per heavy atom. The highest BCUT2D eigenvalue weighted by Crippen LogP contribution is 2.14. The molecular weight excluding hydrogens is 192 g/mol. The number of fused-ring (bicyclic) bond motifs is 1. The number of rotatable bonds is 3. The Bertz CT molecular complexity index is 498. The van der Waals surface area contributed by atoms with Crippen LogP contribution in [0.2, 0.25) is 0 Å². The lowest BCUT2D eigenvalue weighted by atomic mass is 10.5. The van der Waals surface area contributed by atoms with Crippen LogP contribution in [0, 0.1) is 0 Å². The first-order chi connectivity index (χ1) is 7.42. The zero-order chi connectivity index (χ0) is 10.5. The van der Waals surface area contributed by atoms with Gasteiger partial charge in [-0.2, -0.15) is 5.10 Å². The number of aromatic nitrogens is 3. The van der Waals surface area contributed by atoms with Crippen LogP contribution in [0.3, 0.4) is 0 Å². The van der Waals surface area contributed by atoms with Crippen LogP contribution in [0.5, 0.6) is 0 Å². The van der Waals surface area contributed by atoms with Crippen LogP contribution in [0.4, 0.5) is 5.82 Å². The maximum absolute atomic E-state index is 4.14. The molecule has 0 aromatic carbocycles. The third-order valence-corrected chi connectivity index (χ3v) is 1.78. The Morgan fingerprint density at radius 1 is 1.47 bits per heavy atom. The molecule has 0 radical (unpaired) electrons. The number of aliphatic imine (C=N–C) groups is 2. The average Bonchev–Trinajstić information content (AvgIpc) is 2.73. The van der Waals surface area contributed by atoms with Crippen LogP contribution in [-0.4, -0.2) is 34.3 Å². The smallest absolute Gasteiger partial charge is 0.181 e. The van der Waals surface area contributed by atoms with E-state index in [1.165, 1.54) is 12.7 Å². The van der Waals surface area contributed by atoms with E-state index >= 15 is 0 Å². The monoisotopic (exact) mass is 202 g/mol. The van der Waals surface area contributed by atoms with Gasteiger partial charge in [0.1, 0.15) is 11.8 Å². The zero-order valence-corrected chi connectivity index (χ0v) is 8.20. The number of hydrogen-bond acceptors (Lipinski definition) is 4. The van der Waals surface area contributed by atoms with Crippen LogP contribution >= 0.6 is 0 Å². The third kappa shape index (κ3) is 1.98. The van der Waals surface area contributed by atoms with E-state index in [1.807, 2.05) is 18.3 Å². The highest BCUT2D eigenvalue weighted by Gasteiger charge is 1.99. The van der Waals surface area contributed by atoms with E-state index in [-0.39, 0.29) is 0 Å². The lowest BCUT2D eigenvalue weighted by Crippen LogP contribution is -2.06. The Hall–Kier alpha value is -2.24. The molecular formula is C9H10N6. The first-order valence-corrected chi connectivity index (χ1v) is 4.39. The normalized spacial score (nSPS) is 11.8. The molecule has 0 aliphatic heterocycles. The van der Waals surface area contributed by atoms with Crippen molar-refractivity contribution >= 4 is 24.0 Å². The van der Waals surface area contributed by atoms with Crippen molar-refractivity contribution in [3.05, 3.63) is 24.7 Å². The van der Waals surface area contributed by atoms with Crippen molar-refractivity contribution < 1.29 is 0 Å². The molecule has 0 saturated heterocycles. The SMILES string of the molecule is C/N=C\N/C=N\c1ncnn2cccc12. The van der Waals surface area contributed by atoms with Gasteiger partial charge < -0.3 is 5.32 Å². The predicted octanol–water partition coefficient (Wildman–Crippen LogP) is 0.637. The first kappa shape index (κ1) is 9.32. The second-order valence-corrected chi connectivity index (χ2v) is 2.73. The molecule has 2 rings (SSSR count). The quantitative estimate of drug-likeness (QED) is 0.586. The fraction of sp³-hybridized carbons (Fsp3) is 0.111. The molecule has 0 aliphatic carbocycles. The van der Waals surface area contributed by atoms with Crippen LogP contribution in [0.1, 0.15) is 0 Å². The van der Waals surface area contributed by atoms with Crippen molar-refractivity contribution in [2.75, 3.05) is 7.05 Å². The first-order valence-electron chi connectivity index (χ1n) is 4.39. The molecule has 6 nitrogen and oxygen atoms in total. The summed E-state index contributed by atoms with van der Waals surface area (Å²) >= 11 is 0. The second-order valence-electron chi connectivity index (χ2n) is 2.73. The van der Waals surface area contributed by atoms with Crippen molar-refractivity contribution in [3.63, 3.8) is 0 Å². The summed E-state index contributed by atoms with van der Waals surface area (Å²) in [7, 11) is 1.68. The molecule has 0 spiro atoms. The Labute approximate surface area is 86.4 Å². The average molecular weight is 202 g/mol. The van der Waals surface area contributed by atoms with Crippen LogP contribution < -0.4 is 5.32 Å². The fourth-order valence-corrected chi connectivity index (χ4v) is 1.16. The van der Waals surface area contributed by atoms with E-state index < -0.39 is 0 Å². The molecule has 0 unspecified atom stereocenters. The highest BCUT2D eigenvalue weighted by atomic mass is 15.2. The van der Waals surface area contributed by atoms with Gasteiger partial charge in [-0.1, -0.05) is 0 Å². The van der Waals surface area contributed by atoms with Gasteiger partial charge in [0.15, 0.2) is 5.82 Å². The summed E-state index contributed by atoms with van der Waals surface area (Å²) < 4.78 is 1.72. The summed E-state index contributed by atoms with van der Waals surface area (Å²) in [4.78, 5) is 12.0. The fourth-order valence-electron chi connectivity index (χ4n) is 1.16. The minimum absolute atomic E-state index is 0.618. The summed E-state index contributed by atoms with van der Waals surface area (Å²) in [5.41, 5.74) is 0.865. The van der Waals surface area contributed by atoms with Crippen LogP contribution in [0.15, 0.2) is 34.6 Å². The molecule has 1 N–H and O–H groups in total. The number of nitrogens with one attached hydrogen (secondary N) is 1. The van der Waals surface area contributed by atoms with Crippen molar-refractivity contribution in [2.24, 2.45) is 9.98 Å². The second kappa shape index (κ2) is 4.32. The molecule has 0 bridgehead atoms. The molecule has 2 heterocycles. The number of nitrogens with zero attached hydrogens (tertiary/aromatic N) is 5. The van der Waals surface area contributed by atoms with Gasteiger partial charge in [0.2, 0.25) is 0 Å². The van der Waals surface area contributed by atoms with Crippen molar-refractivity contribution in [1.82, 2.24) is 19.9 Å². The van der Waals surface area contributed by atoms with Gasteiger partial charge >= 0.3 is 0 Å². The van der Waals surface area contributed by atoms with Gasteiger partial charge in [0.25, 0.3) is 0 Å². The minimum atomic E-state index is 0.618. The van der Waals surface area contributed by atoms with Crippen molar-refractivity contribution in [1.29, 1.82) is 0 Å². The van der Waals surface area contributed by atoms with Gasteiger partial charge in [-0.15, -0.1) is 0 Å². The van der Waals surface area contributed by atoms with Gasteiger partial charge in [-0.3, -0.25) is 4.99 Å². The molecule has 0 amide bonds. The van der Waals surface area contributed by atoms with Crippen molar-refractivity contribution in [3.8, 4) is 0 Å². The van der Waals surface area contributed by atoms with Crippen LogP contribution in [-0.2, 0) is 0 Å². The summed E-state index contributed by atoms with van der Waals surface area (Å²) in [6, 6.07) is 3.80. The number of hydrogen-bond donors (Lipinski definition) is 1. The summed E-state index contributed by atoms with van der Waals surface area (Å²) in [5, 5.41) is 6.82. The molecule has 0 atom stereocenters. The van der Waals surface area contributed by atoms with Gasteiger partial charge in [0, 0.05) is 13.2 Å². The lowest BCUT2D eigenvalue weighted by molar-refractivity contribution is 0.903. The predicted molar refractivity (Wildman–Crippen MR) is 58.7 cm³/mol. The molecule has 0 fully saturated rings. The maximum Gasteiger partial charge on any atom is 0.181 e. The van der Waals surface area contributed by atoms with E-state index in [1.54, 1.807) is 17.9 Å². The Morgan fingerprint density at radius 3 is 3.27 bits per heavy atom. The molecule has 15 heavy (non-hydrogen) atoms. The van der Waals surface area contributed by atoms with Gasteiger partial charge in [-0.25, -0.2) is 14.5 Å². The van der Waals surface area contributed by atoms with Crippen LogP contribution in [0.25, 0.3) is 5.52 Å². The summed E-state index contributed by atoms with van der Waals surface area (Å²) in [6.45, 7) is 0. The van der Waals surface area contributed by atoms with Crippen molar-refractivity contribution in [2.45, 2.75) is 0 Å². The van der Waals surface area contributed by atoms with E-state index in [0.29, 0.717) is 5.82 Å². The molecule has 2 aromatic heterocycles. The molecule has 6 heteroatoms. The Balaban J connectivity index is 2.27. The maximum atomic E-state index is 4.14.